The van der Waals surface area contributed by atoms with Crippen molar-refractivity contribution in [3.63, 3.8) is 0 Å². The lowest BCUT2D eigenvalue weighted by Crippen LogP contribution is -2.53. The molecule has 1 N–H and O–H groups in total. The normalized spacial score (nSPS) is 36.2. The monoisotopic (exact) mass is 278 g/mol. The van der Waals surface area contributed by atoms with Crippen LogP contribution in [-0.4, -0.2) is 30.6 Å². The Balaban J connectivity index is 1.81. The summed E-state index contributed by atoms with van der Waals surface area (Å²) in [6.07, 6.45) is 5.31. The molecule has 3 heteroatoms. The standard InChI is InChI=1S/C16H26N2S/c1-11-12(2)18(9-7-14(11)17-3)15-5-4-6-16-13(15)8-10-19-16/h8,10-12,14-15,17H,4-7,9H2,1-3H3. The van der Waals surface area contributed by atoms with E-state index in [1.807, 2.05) is 11.3 Å². The van der Waals surface area contributed by atoms with Crippen LogP contribution in [0.2, 0.25) is 0 Å². The summed E-state index contributed by atoms with van der Waals surface area (Å²) in [5.74, 6) is 0.739. The van der Waals surface area contributed by atoms with E-state index in [1.54, 1.807) is 10.4 Å². The first-order valence-electron chi connectivity index (χ1n) is 7.71. The van der Waals surface area contributed by atoms with E-state index in [0.717, 1.165) is 5.92 Å². The maximum atomic E-state index is 3.50. The number of nitrogens with one attached hydrogen (secondary N) is 1. The van der Waals surface area contributed by atoms with Crippen LogP contribution in [0.3, 0.4) is 0 Å². The van der Waals surface area contributed by atoms with E-state index in [-0.39, 0.29) is 0 Å². The molecule has 1 saturated heterocycles. The SMILES string of the molecule is CNC1CCN(C2CCCc3sccc32)C(C)C1C. The zero-order valence-electron chi connectivity index (χ0n) is 12.4. The number of likely N-dealkylation sites (tertiary alicyclic amines) is 1. The van der Waals surface area contributed by atoms with Crippen molar-refractivity contribution in [1.29, 1.82) is 0 Å². The van der Waals surface area contributed by atoms with Crippen molar-refractivity contribution in [1.82, 2.24) is 10.2 Å². The number of rotatable bonds is 2. The molecule has 4 atom stereocenters. The number of nitrogens with zero attached hydrogens (tertiary/aromatic N) is 1. The number of aryl methyl sites for hydroxylation is 1. The lowest BCUT2D eigenvalue weighted by Gasteiger charge is -2.47. The largest absolute Gasteiger partial charge is 0.317 e. The molecule has 0 saturated carbocycles. The van der Waals surface area contributed by atoms with Gasteiger partial charge in [-0.2, -0.15) is 0 Å². The number of hydrogen-bond donors (Lipinski definition) is 1. The molecule has 1 aromatic heterocycles. The first-order chi connectivity index (χ1) is 9.22. The Kier molecular flexibility index (Phi) is 3.97. The lowest BCUT2D eigenvalue weighted by molar-refractivity contribution is 0.0414. The van der Waals surface area contributed by atoms with E-state index in [9.17, 15) is 0 Å². The second kappa shape index (κ2) is 5.55. The highest BCUT2D eigenvalue weighted by Crippen LogP contribution is 2.40. The van der Waals surface area contributed by atoms with Crippen LogP contribution in [-0.2, 0) is 6.42 Å². The van der Waals surface area contributed by atoms with Gasteiger partial charge in [0.25, 0.3) is 0 Å². The predicted octanol–water partition coefficient (Wildman–Crippen LogP) is 3.44. The summed E-state index contributed by atoms with van der Waals surface area (Å²) in [6, 6.07) is 4.44. The van der Waals surface area contributed by atoms with Gasteiger partial charge in [-0.3, -0.25) is 4.90 Å². The van der Waals surface area contributed by atoms with Crippen LogP contribution >= 0.6 is 11.3 Å². The van der Waals surface area contributed by atoms with Crippen LogP contribution in [0.1, 0.15) is 49.6 Å². The summed E-state index contributed by atoms with van der Waals surface area (Å²) in [7, 11) is 2.11. The average molecular weight is 278 g/mol. The maximum absolute atomic E-state index is 3.50. The van der Waals surface area contributed by atoms with Crippen molar-refractivity contribution in [2.75, 3.05) is 13.6 Å². The van der Waals surface area contributed by atoms with E-state index in [0.29, 0.717) is 18.1 Å². The van der Waals surface area contributed by atoms with Crippen LogP contribution in [0.4, 0.5) is 0 Å². The van der Waals surface area contributed by atoms with Crippen LogP contribution in [0.15, 0.2) is 11.4 Å². The minimum atomic E-state index is 0.682. The molecule has 0 amide bonds. The van der Waals surface area contributed by atoms with Gasteiger partial charge in [0, 0.05) is 29.5 Å². The maximum Gasteiger partial charge on any atom is 0.0362 e. The molecule has 1 aliphatic carbocycles. The molecule has 0 spiro atoms. The van der Waals surface area contributed by atoms with Gasteiger partial charge in [-0.1, -0.05) is 6.92 Å². The summed E-state index contributed by atoms with van der Waals surface area (Å²) >= 11 is 1.96. The summed E-state index contributed by atoms with van der Waals surface area (Å²) in [5.41, 5.74) is 1.64. The average Bonchev–Trinajstić information content (AvgIpc) is 2.90. The quantitative estimate of drug-likeness (QED) is 0.891. The van der Waals surface area contributed by atoms with Crippen molar-refractivity contribution >= 4 is 11.3 Å². The predicted molar refractivity (Wildman–Crippen MR) is 82.8 cm³/mol. The molecule has 2 nitrogen and oxygen atoms in total. The van der Waals surface area contributed by atoms with Gasteiger partial charge in [0.05, 0.1) is 0 Å². The van der Waals surface area contributed by atoms with Crippen molar-refractivity contribution < 1.29 is 0 Å². The Bertz CT molecular complexity index is 428. The Morgan fingerprint density at radius 3 is 2.95 bits per heavy atom. The number of hydrogen-bond acceptors (Lipinski definition) is 3. The third kappa shape index (κ3) is 2.37. The first kappa shape index (κ1) is 13.6. The second-order valence-electron chi connectivity index (χ2n) is 6.23. The molecule has 1 aromatic rings. The Morgan fingerprint density at radius 2 is 2.16 bits per heavy atom. The van der Waals surface area contributed by atoms with Gasteiger partial charge in [0.1, 0.15) is 0 Å². The molecule has 19 heavy (non-hydrogen) atoms. The Morgan fingerprint density at radius 1 is 1.32 bits per heavy atom. The van der Waals surface area contributed by atoms with Crippen molar-refractivity contribution in [2.24, 2.45) is 5.92 Å². The molecule has 3 rings (SSSR count). The third-order valence-electron chi connectivity index (χ3n) is 5.41. The molecule has 2 aliphatic rings. The molecule has 106 valence electrons. The van der Waals surface area contributed by atoms with Gasteiger partial charge in [0.2, 0.25) is 0 Å². The first-order valence-corrected chi connectivity index (χ1v) is 8.59. The highest BCUT2D eigenvalue weighted by atomic mass is 32.1. The Labute approximate surface area is 121 Å². The number of fused-ring (bicyclic) bond motifs is 1. The van der Waals surface area contributed by atoms with Gasteiger partial charge < -0.3 is 5.32 Å². The molecule has 2 heterocycles. The van der Waals surface area contributed by atoms with Crippen LogP contribution in [0.5, 0.6) is 0 Å². The minimum absolute atomic E-state index is 0.682. The summed E-state index contributed by atoms with van der Waals surface area (Å²) in [6.45, 7) is 6.08. The van der Waals surface area contributed by atoms with Gasteiger partial charge in [-0.05, 0) is 62.6 Å². The topological polar surface area (TPSA) is 15.3 Å². The van der Waals surface area contributed by atoms with E-state index >= 15 is 0 Å². The fraction of sp³-hybridized carbons (Fsp3) is 0.750. The van der Waals surface area contributed by atoms with Crippen molar-refractivity contribution in [2.45, 2.75) is 57.7 Å². The van der Waals surface area contributed by atoms with Crippen LogP contribution < -0.4 is 5.32 Å². The molecule has 0 bridgehead atoms. The second-order valence-corrected chi connectivity index (χ2v) is 7.23. The highest BCUT2D eigenvalue weighted by molar-refractivity contribution is 7.10. The molecule has 4 unspecified atom stereocenters. The number of thiophene rings is 1. The third-order valence-corrected chi connectivity index (χ3v) is 6.40. The zero-order chi connectivity index (χ0) is 13.4. The molecular formula is C16H26N2S. The van der Waals surface area contributed by atoms with Crippen molar-refractivity contribution in [3.05, 3.63) is 21.9 Å². The minimum Gasteiger partial charge on any atom is -0.317 e. The smallest absolute Gasteiger partial charge is 0.0362 e. The summed E-state index contributed by atoms with van der Waals surface area (Å²) in [4.78, 5) is 4.43. The van der Waals surface area contributed by atoms with Gasteiger partial charge in [-0.15, -0.1) is 11.3 Å². The lowest BCUT2D eigenvalue weighted by atomic mass is 9.83. The highest BCUT2D eigenvalue weighted by Gasteiger charge is 2.37. The number of piperidine rings is 1. The van der Waals surface area contributed by atoms with E-state index < -0.39 is 0 Å². The summed E-state index contributed by atoms with van der Waals surface area (Å²) in [5, 5.41) is 5.79. The fourth-order valence-corrected chi connectivity index (χ4v) is 5.03. The molecular weight excluding hydrogens is 252 g/mol. The van der Waals surface area contributed by atoms with Gasteiger partial charge >= 0.3 is 0 Å². The fourth-order valence-electron chi connectivity index (χ4n) is 4.05. The molecule has 0 aromatic carbocycles. The molecule has 1 aliphatic heterocycles. The van der Waals surface area contributed by atoms with Crippen LogP contribution in [0, 0.1) is 5.92 Å². The van der Waals surface area contributed by atoms with Gasteiger partial charge in [0.15, 0.2) is 0 Å². The zero-order valence-corrected chi connectivity index (χ0v) is 13.2. The molecule has 1 fully saturated rings. The van der Waals surface area contributed by atoms with Crippen molar-refractivity contribution in [3.8, 4) is 0 Å². The van der Waals surface area contributed by atoms with E-state index in [4.69, 9.17) is 0 Å². The summed E-state index contributed by atoms with van der Waals surface area (Å²) < 4.78 is 0. The van der Waals surface area contributed by atoms with E-state index in [1.165, 1.54) is 32.2 Å². The van der Waals surface area contributed by atoms with E-state index in [2.05, 4.69) is 42.6 Å². The van der Waals surface area contributed by atoms with Crippen LogP contribution in [0.25, 0.3) is 0 Å². The van der Waals surface area contributed by atoms with Gasteiger partial charge in [-0.25, -0.2) is 0 Å². The molecule has 0 radical (unpaired) electrons. The Hall–Kier alpha value is -0.380.